The quantitative estimate of drug-likeness (QED) is 0.415. The lowest BCUT2D eigenvalue weighted by Crippen LogP contribution is -2.17. The van der Waals surface area contributed by atoms with Gasteiger partial charge in [0.25, 0.3) is 5.91 Å². The van der Waals surface area contributed by atoms with E-state index in [4.69, 9.17) is 27.6 Å². The minimum absolute atomic E-state index is 0.312. The van der Waals surface area contributed by atoms with Crippen LogP contribution in [0.5, 0.6) is 0 Å². The van der Waals surface area contributed by atoms with Gasteiger partial charge in [-0.15, -0.1) is 0 Å². The lowest BCUT2D eigenvalue weighted by molar-refractivity contribution is 0.0955. The number of nitrogens with zero attached hydrogens (tertiary/aromatic N) is 1. The van der Waals surface area contributed by atoms with E-state index in [0.717, 1.165) is 4.47 Å². The maximum absolute atomic E-state index is 12.0. The van der Waals surface area contributed by atoms with E-state index in [1.54, 1.807) is 54.6 Å². The lowest BCUT2D eigenvalue weighted by Gasteiger charge is -2.01. The summed E-state index contributed by atoms with van der Waals surface area (Å²) < 4.78 is 6.56. The molecule has 0 atom stereocenters. The normalized spacial score (nSPS) is 11.0. The molecule has 3 aromatic rings. The number of carbonyl (C=O) groups excluding carboxylic acids is 1. The minimum Gasteiger partial charge on any atom is -0.455 e. The second-order valence-electron chi connectivity index (χ2n) is 5.03. The second kappa shape index (κ2) is 7.87. The predicted octanol–water partition coefficient (Wildman–Crippen LogP) is 5.78. The summed E-state index contributed by atoms with van der Waals surface area (Å²) in [7, 11) is 0. The van der Waals surface area contributed by atoms with Crippen molar-refractivity contribution in [3.05, 3.63) is 80.4 Å². The first kappa shape index (κ1) is 17.7. The largest absolute Gasteiger partial charge is 0.455 e. The van der Waals surface area contributed by atoms with Crippen molar-refractivity contribution in [1.29, 1.82) is 0 Å². The highest BCUT2D eigenvalue weighted by atomic mass is 79.9. The van der Waals surface area contributed by atoms with Gasteiger partial charge in [-0.25, -0.2) is 5.43 Å². The van der Waals surface area contributed by atoms with Gasteiger partial charge in [0, 0.05) is 20.6 Å². The van der Waals surface area contributed by atoms with Crippen LogP contribution in [0.3, 0.4) is 0 Å². The summed E-state index contributed by atoms with van der Waals surface area (Å²) in [6, 6.07) is 15.6. The fourth-order valence-corrected chi connectivity index (χ4v) is 2.72. The number of hydrogen-bond acceptors (Lipinski definition) is 3. The van der Waals surface area contributed by atoms with Crippen molar-refractivity contribution in [1.82, 2.24) is 5.43 Å². The smallest absolute Gasteiger partial charge is 0.271 e. The monoisotopic (exact) mass is 436 g/mol. The highest BCUT2D eigenvalue weighted by molar-refractivity contribution is 9.10. The van der Waals surface area contributed by atoms with Gasteiger partial charge in [0.2, 0.25) is 0 Å². The SMILES string of the molecule is O=C(N/N=C\c1ccc(-c2cc(Cl)ccc2Cl)o1)c1ccc(Br)cc1. The van der Waals surface area contributed by atoms with Crippen molar-refractivity contribution >= 4 is 51.3 Å². The Morgan fingerprint density at radius 2 is 1.84 bits per heavy atom. The van der Waals surface area contributed by atoms with Gasteiger partial charge >= 0.3 is 0 Å². The summed E-state index contributed by atoms with van der Waals surface area (Å²) >= 11 is 15.5. The van der Waals surface area contributed by atoms with Gasteiger partial charge in [-0.05, 0) is 54.6 Å². The number of carbonyl (C=O) groups is 1. The van der Waals surface area contributed by atoms with Crippen molar-refractivity contribution in [2.75, 3.05) is 0 Å². The van der Waals surface area contributed by atoms with E-state index in [9.17, 15) is 4.79 Å². The van der Waals surface area contributed by atoms with Gasteiger partial charge in [0.15, 0.2) is 0 Å². The molecule has 0 bridgehead atoms. The average Bonchev–Trinajstić information content (AvgIpc) is 3.06. The molecule has 0 unspecified atom stereocenters. The molecule has 25 heavy (non-hydrogen) atoms. The number of benzene rings is 2. The van der Waals surface area contributed by atoms with Gasteiger partial charge in [-0.2, -0.15) is 5.10 Å². The third kappa shape index (κ3) is 4.51. The van der Waals surface area contributed by atoms with Crippen molar-refractivity contribution in [2.24, 2.45) is 5.10 Å². The first-order valence-corrected chi connectivity index (χ1v) is 8.72. The van der Waals surface area contributed by atoms with E-state index in [2.05, 4.69) is 26.5 Å². The van der Waals surface area contributed by atoms with Gasteiger partial charge in [-0.3, -0.25) is 4.79 Å². The van der Waals surface area contributed by atoms with Gasteiger partial charge in [0.05, 0.1) is 11.2 Å². The topological polar surface area (TPSA) is 54.6 Å². The molecule has 0 spiro atoms. The molecule has 0 saturated carbocycles. The lowest BCUT2D eigenvalue weighted by atomic mass is 10.2. The minimum atomic E-state index is -0.312. The molecule has 0 aliphatic carbocycles. The molecule has 1 aromatic heterocycles. The summed E-state index contributed by atoms with van der Waals surface area (Å²) in [6.45, 7) is 0. The summed E-state index contributed by atoms with van der Waals surface area (Å²) in [5.74, 6) is 0.726. The van der Waals surface area contributed by atoms with Crippen LogP contribution >= 0.6 is 39.1 Å². The van der Waals surface area contributed by atoms with Crippen LogP contribution in [0.2, 0.25) is 10.0 Å². The summed E-state index contributed by atoms with van der Waals surface area (Å²) in [4.78, 5) is 12.0. The second-order valence-corrected chi connectivity index (χ2v) is 6.79. The van der Waals surface area contributed by atoms with Crippen LogP contribution in [0.15, 0.2) is 68.6 Å². The van der Waals surface area contributed by atoms with Crippen LogP contribution < -0.4 is 5.43 Å². The summed E-state index contributed by atoms with van der Waals surface area (Å²) in [5, 5.41) is 4.99. The standard InChI is InChI=1S/C18H11BrCl2N2O2/c19-12-3-1-11(2-4-12)18(24)23-22-10-14-6-8-17(25-14)15-9-13(20)5-7-16(15)21/h1-10H,(H,23,24)/b22-10-. The van der Waals surface area contributed by atoms with Gasteiger partial charge < -0.3 is 4.42 Å². The Balaban J connectivity index is 1.69. The van der Waals surface area contributed by atoms with Crippen LogP contribution in [0.1, 0.15) is 16.1 Å². The first-order chi connectivity index (χ1) is 12.0. The molecule has 0 fully saturated rings. The molecule has 1 N–H and O–H groups in total. The van der Waals surface area contributed by atoms with E-state index in [-0.39, 0.29) is 5.91 Å². The first-order valence-electron chi connectivity index (χ1n) is 7.17. The maximum atomic E-state index is 12.0. The molecular formula is C18H11BrCl2N2O2. The van der Waals surface area contributed by atoms with Gasteiger partial charge in [-0.1, -0.05) is 39.1 Å². The van der Waals surface area contributed by atoms with Crippen molar-refractivity contribution in [3.8, 4) is 11.3 Å². The summed E-state index contributed by atoms with van der Waals surface area (Å²) in [5.41, 5.74) is 3.64. The van der Waals surface area contributed by atoms with E-state index >= 15 is 0 Å². The number of amides is 1. The Hall–Kier alpha value is -2.08. The molecule has 4 nitrogen and oxygen atoms in total. The van der Waals surface area contributed by atoms with Crippen molar-refractivity contribution in [2.45, 2.75) is 0 Å². The number of hydrazone groups is 1. The van der Waals surface area contributed by atoms with E-state index in [1.165, 1.54) is 6.21 Å². The molecule has 0 radical (unpaired) electrons. The molecule has 126 valence electrons. The fourth-order valence-electron chi connectivity index (χ4n) is 2.07. The van der Waals surface area contributed by atoms with Crippen LogP contribution in [0.25, 0.3) is 11.3 Å². The zero-order valence-corrected chi connectivity index (χ0v) is 15.8. The van der Waals surface area contributed by atoms with Crippen LogP contribution in [-0.2, 0) is 0 Å². The molecule has 2 aromatic carbocycles. The molecule has 7 heteroatoms. The number of halogens is 3. The van der Waals surface area contributed by atoms with E-state index in [1.807, 2.05) is 0 Å². The maximum Gasteiger partial charge on any atom is 0.271 e. The Labute approximate surface area is 162 Å². The van der Waals surface area contributed by atoms with Crippen molar-refractivity contribution < 1.29 is 9.21 Å². The Morgan fingerprint density at radius 1 is 1.08 bits per heavy atom. The average molecular weight is 438 g/mol. The Kier molecular flexibility index (Phi) is 5.58. The molecule has 3 rings (SSSR count). The van der Waals surface area contributed by atoms with Gasteiger partial charge in [0.1, 0.15) is 11.5 Å². The number of hydrogen-bond donors (Lipinski definition) is 1. The fraction of sp³-hybridized carbons (Fsp3) is 0. The number of furan rings is 1. The molecular weight excluding hydrogens is 427 g/mol. The zero-order valence-electron chi connectivity index (χ0n) is 12.7. The highest BCUT2D eigenvalue weighted by Gasteiger charge is 2.09. The third-order valence-electron chi connectivity index (χ3n) is 3.28. The molecule has 0 saturated heterocycles. The van der Waals surface area contributed by atoms with E-state index in [0.29, 0.717) is 32.7 Å². The molecule has 1 heterocycles. The third-order valence-corrected chi connectivity index (χ3v) is 4.38. The Bertz CT molecular complexity index is 937. The molecule has 1 amide bonds. The zero-order chi connectivity index (χ0) is 17.8. The molecule has 0 aliphatic rings. The predicted molar refractivity (Wildman–Crippen MR) is 103 cm³/mol. The number of rotatable bonds is 4. The summed E-state index contributed by atoms with van der Waals surface area (Å²) in [6.07, 6.45) is 1.42. The number of nitrogens with one attached hydrogen (secondary N) is 1. The van der Waals surface area contributed by atoms with E-state index < -0.39 is 0 Å². The van der Waals surface area contributed by atoms with Crippen LogP contribution in [0.4, 0.5) is 0 Å². The molecule has 0 aliphatic heterocycles. The van der Waals surface area contributed by atoms with Crippen LogP contribution in [0, 0.1) is 0 Å². The van der Waals surface area contributed by atoms with Crippen LogP contribution in [-0.4, -0.2) is 12.1 Å². The highest BCUT2D eigenvalue weighted by Crippen LogP contribution is 2.31. The Morgan fingerprint density at radius 3 is 2.60 bits per heavy atom. The van der Waals surface area contributed by atoms with Crippen molar-refractivity contribution in [3.63, 3.8) is 0 Å².